The monoisotopic (exact) mass is 328 g/mol. The Bertz CT molecular complexity index is 952. The van der Waals surface area contributed by atoms with Gasteiger partial charge < -0.3 is 4.98 Å². The molecular weight excluding hydrogens is 316 g/mol. The molecule has 0 fully saturated rings. The number of hydrogen-bond acceptors (Lipinski definition) is 6. The van der Waals surface area contributed by atoms with Gasteiger partial charge in [-0.2, -0.15) is 5.26 Å². The topological polar surface area (TPSA) is 82.4 Å². The zero-order chi connectivity index (χ0) is 15.7. The van der Waals surface area contributed by atoms with Gasteiger partial charge in [0.1, 0.15) is 10.7 Å². The first-order valence-electron chi connectivity index (χ1n) is 6.56. The quantitative estimate of drug-likeness (QED) is 0.747. The fraction of sp³-hybridized carbons (Fsp3) is 0.200. The Balaban J connectivity index is 1.88. The Labute approximate surface area is 135 Å². The van der Waals surface area contributed by atoms with Crippen molar-refractivity contribution in [2.24, 2.45) is 0 Å². The molecule has 1 N–H and O–H groups in total. The zero-order valence-electron chi connectivity index (χ0n) is 12.0. The lowest BCUT2D eigenvalue weighted by molar-refractivity contribution is 1.04. The van der Waals surface area contributed by atoms with Gasteiger partial charge in [-0.25, -0.2) is 9.97 Å². The maximum Gasteiger partial charge on any atom is 0.259 e. The number of rotatable bonds is 3. The third kappa shape index (κ3) is 2.75. The van der Waals surface area contributed by atoms with Crippen LogP contribution in [-0.4, -0.2) is 15.0 Å². The molecule has 5 nitrogen and oxygen atoms in total. The minimum absolute atomic E-state index is 0.0961. The van der Waals surface area contributed by atoms with Crippen LogP contribution in [0.5, 0.6) is 0 Å². The zero-order valence-corrected chi connectivity index (χ0v) is 13.6. The average molecular weight is 328 g/mol. The molecule has 7 heteroatoms. The summed E-state index contributed by atoms with van der Waals surface area (Å²) in [5, 5.41) is 10.3. The number of fused-ring (bicyclic) bond motifs is 1. The van der Waals surface area contributed by atoms with Crippen molar-refractivity contribution in [3.05, 3.63) is 50.5 Å². The van der Waals surface area contributed by atoms with Crippen molar-refractivity contribution in [3.8, 4) is 6.07 Å². The molecule has 0 radical (unpaired) electrons. The summed E-state index contributed by atoms with van der Waals surface area (Å²) < 4.78 is 0. The van der Waals surface area contributed by atoms with E-state index in [-0.39, 0.29) is 5.56 Å². The fourth-order valence-electron chi connectivity index (χ4n) is 2.07. The van der Waals surface area contributed by atoms with E-state index in [9.17, 15) is 4.79 Å². The second-order valence-electron chi connectivity index (χ2n) is 4.76. The molecule has 3 heterocycles. The number of hydrogen-bond donors (Lipinski definition) is 1. The number of nitriles is 1. The van der Waals surface area contributed by atoms with Gasteiger partial charge in [0.05, 0.1) is 27.8 Å². The Morgan fingerprint density at radius 2 is 2.27 bits per heavy atom. The lowest BCUT2D eigenvalue weighted by Gasteiger charge is -2.01. The molecule has 0 aliphatic carbocycles. The van der Waals surface area contributed by atoms with Gasteiger partial charge in [-0.1, -0.05) is 11.8 Å². The van der Waals surface area contributed by atoms with E-state index in [0.717, 1.165) is 20.3 Å². The van der Waals surface area contributed by atoms with Gasteiger partial charge in [0.2, 0.25) is 0 Å². The number of nitrogens with zero attached hydrogens (tertiary/aromatic N) is 3. The van der Waals surface area contributed by atoms with Gasteiger partial charge >= 0.3 is 0 Å². The number of thioether (sulfide) groups is 1. The molecule has 0 saturated carbocycles. The molecule has 0 amide bonds. The summed E-state index contributed by atoms with van der Waals surface area (Å²) in [5.41, 5.74) is 1.47. The van der Waals surface area contributed by atoms with Crippen LogP contribution in [0.1, 0.15) is 21.8 Å². The van der Waals surface area contributed by atoms with Crippen molar-refractivity contribution < 1.29 is 0 Å². The van der Waals surface area contributed by atoms with E-state index < -0.39 is 0 Å². The number of nitrogens with one attached hydrogen (secondary N) is 1. The van der Waals surface area contributed by atoms with E-state index in [0.29, 0.717) is 22.5 Å². The minimum Gasteiger partial charge on any atom is -0.309 e. The smallest absolute Gasteiger partial charge is 0.259 e. The summed E-state index contributed by atoms with van der Waals surface area (Å²) in [5.74, 6) is 1.12. The highest BCUT2D eigenvalue weighted by atomic mass is 32.2. The summed E-state index contributed by atoms with van der Waals surface area (Å²) in [6.07, 6.45) is 1.60. The standard InChI is InChI=1S/C15H12N4OS2/c1-8-9(2)22-15-13(8)14(20)18-11(19-15)7-21-12-5-10(6-16)3-4-17-12/h3-5H,7H2,1-2H3,(H,18,19,20). The van der Waals surface area contributed by atoms with E-state index in [2.05, 4.69) is 21.0 Å². The first-order valence-corrected chi connectivity index (χ1v) is 8.36. The van der Waals surface area contributed by atoms with Crippen molar-refractivity contribution in [1.82, 2.24) is 15.0 Å². The van der Waals surface area contributed by atoms with E-state index in [1.165, 1.54) is 23.1 Å². The van der Waals surface area contributed by atoms with Crippen molar-refractivity contribution >= 4 is 33.3 Å². The second-order valence-corrected chi connectivity index (χ2v) is 6.96. The summed E-state index contributed by atoms with van der Waals surface area (Å²) >= 11 is 2.98. The predicted octanol–water partition coefficient (Wildman–Crippen LogP) is 3.16. The highest BCUT2D eigenvalue weighted by molar-refractivity contribution is 7.98. The summed E-state index contributed by atoms with van der Waals surface area (Å²) in [4.78, 5) is 25.6. The van der Waals surface area contributed by atoms with Crippen LogP contribution in [0, 0.1) is 25.2 Å². The van der Waals surface area contributed by atoms with Gasteiger partial charge in [-0.3, -0.25) is 4.79 Å². The molecule has 0 bridgehead atoms. The highest BCUT2D eigenvalue weighted by Crippen LogP contribution is 2.27. The maximum atomic E-state index is 12.2. The van der Waals surface area contributed by atoms with Gasteiger partial charge in [0.25, 0.3) is 5.56 Å². The predicted molar refractivity (Wildman–Crippen MR) is 88.2 cm³/mol. The highest BCUT2D eigenvalue weighted by Gasteiger charge is 2.12. The molecule has 3 rings (SSSR count). The molecule has 110 valence electrons. The van der Waals surface area contributed by atoms with Crippen LogP contribution in [0.25, 0.3) is 10.2 Å². The largest absolute Gasteiger partial charge is 0.309 e. The van der Waals surface area contributed by atoms with E-state index >= 15 is 0 Å². The molecule has 0 saturated heterocycles. The molecule has 0 aromatic carbocycles. The fourth-order valence-corrected chi connectivity index (χ4v) is 3.88. The molecule has 0 spiro atoms. The summed E-state index contributed by atoms with van der Waals surface area (Å²) in [6.45, 7) is 3.93. The van der Waals surface area contributed by atoms with Crippen molar-refractivity contribution in [2.75, 3.05) is 0 Å². The second kappa shape index (κ2) is 5.91. The lowest BCUT2D eigenvalue weighted by Crippen LogP contribution is -2.10. The molecule has 0 unspecified atom stereocenters. The molecule has 3 aromatic heterocycles. The third-order valence-corrected chi connectivity index (χ3v) is 5.35. The Morgan fingerprint density at radius 1 is 1.45 bits per heavy atom. The van der Waals surface area contributed by atoms with Crippen LogP contribution < -0.4 is 5.56 Å². The van der Waals surface area contributed by atoms with Crippen LogP contribution in [-0.2, 0) is 5.75 Å². The van der Waals surface area contributed by atoms with E-state index in [1.807, 2.05) is 13.8 Å². The van der Waals surface area contributed by atoms with Crippen LogP contribution in [0.3, 0.4) is 0 Å². The summed E-state index contributed by atoms with van der Waals surface area (Å²) in [7, 11) is 0. The Hall–Kier alpha value is -2.17. The number of aromatic amines is 1. The van der Waals surface area contributed by atoms with Crippen LogP contribution >= 0.6 is 23.1 Å². The first-order chi connectivity index (χ1) is 10.6. The Morgan fingerprint density at radius 3 is 3.05 bits per heavy atom. The Kier molecular flexibility index (Phi) is 3.96. The number of pyridine rings is 1. The molecule has 0 aliphatic heterocycles. The van der Waals surface area contributed by atoms with E-state index in [4.69, 9.17) is 5.26 Å². The van der Waals surface area contributed by atoms with Crippen LogP contribution in [0.15, 0.2) is 28.2 Å². The first kappa shape index (κ1) is 14.8. The summed E-state index contributed by atoms with van der Waals surface area (Å²) in [6, 6.07) is 5.47. The van der Waals surface area contributed by atoms with Crippen LogP contribution in [0.4, 0.5) is 0 Å². The van der Waals surface area contributed by atoms with E-state index in [1.54, 1.807) is 18.3 Å². The number of thiophene rings is 1. The maximum absolute atomic E-state index is 12.2. The van der Waals surface area contributed by atoms with Crippen molar-refractivity contribution in [3.63, 3.8) is 0 Å². The van der Waals surface area contributed by atoms with Crippen molar-refractivity contribution in [1.29, 1.82) is 5.26 Å². The van der Waals surface area contributed by atoms with Gasteiger partial charge in [-0.15, -0.1) is 11.3 Å². The van der Waals surface area contributed by atoms with Gasteiger partial charge in [-0.05, 0) is 31.5 Å². The van der Waals surface area contributed by atoms with Crippen molar-refractivity contribution in [2.45, 2.75) is 24.6 Å². The van der Waals surface area contributed by atoms with Gasteiger partial charge in [0, 0.05) is 11.1 Å². The third-order valence-electron chi connectivity index (χ3n) is 3.31. The molecular formula is C15H12N4OS2. The molecule has 0 aliphatic rings. The number of aryl methyl sites for hydroxylation is 2. The SMILES string of the molecule is Cc1sc2nc(CSc3cc(C#N)ccn3)[nH]c(=O)c2c1C. The van der Waals surface area contributed by atoms with Crippen LogP contribution in [0.2, 0.25) is 0 Å². The number of aromatic nitrogens is 3. The minimum atomic E-state index is -0.0961. The lowest BCUT2D eigenvalue weighted by atomic mass is 10.2. The molecule has 3 aromatic rings. The normalized spacial score (nSPS) is 10.8. The average Bonchev–Trinajstić information content (AvgIpc) is 2.80. The molecule has 0 atom stereocenters. The van der Waals surface area contributed by atoms with Gasteiger partial charge in [0.15, 0.2) is 0 Å². The number of H-pyrrole nitrogens is 1. The molecule has 22 heavy (non-hydrogen) atoms.